The fourth-order valence-corrected chi connectivity index (χ4v) is 3.55. The number of carbonyl (C=O) groups is 1. The number of rotatable bonds is 7. The number of amides is 1. The van der Waals surface area contributed by atoms with E-state index in [4.69, 9.17) is 21.1 Å². The van der Waals surface area contributed by atoms with Gasteiger partial charge in [-0.1, -0.05) is 23.7 Å². The monoisotopic (exact) mass is 403 g/mol. The molecule has 6 nitrogen and oxygen atoms in total. The molecule has 3 rings (SSSR count). The summed E-state index contributed by atoms with van der Waals surface area (Å²) in [6.07, 6.45) is 0. The van der Waals surface area contributed by atoms with E-state index in [1.807, 2.05) is 25.1 Å². The van der Waals surface area contributed by atoms with Crippen molar-refractivity contribution in [1.82, 2.24) is 4.90 Å². The van der Waals surface area contributed by atoms with Crippen LogP contribution in [0.25, 0.3) is 0 Å². The molecule has 1 heterocycles. The molecular weight excluding hydrogens is 378 g/mol. The second-order valence-corrected chi connectivity index (χ2v) is 6.97. The Labute approximate surface area is 171 Å². The van der Waals surface area contributed by atoms with Crippen molar-refractivity contribution >= 4 is 28.9 Å². The molecule has 0 spiro atoms. The molecule has 1 amide bonds. The zero-order valence-electron chi connectivity index (χ0n) is 16.3. The van der Waals surface area contributed by atoms with E-state index in [-0.39, 0.29) is 5.91 Å². The van der Waals surface area contributed by atoms with E-state index in [1.165, 1.54) is 0 Å². The number of carbonyl (C=O) groups excluding carboxylic acids is 1. The van der Waals surface area contributed by atoms with Crippen LogP contribution in [0.15, 0.2) is 42.5 Å². The predicted octanol–water partition coefficient (Wildman–Crippen LogP) is 3.51. The summed E-state index contributed by atoms with van der Waals surface area (Å²) in [5.41, 5.74) is 1.78. The topological polar surface area (TPSA) is 54.0 Å². The molecule has 2 aromatic rings. The second-order valence-electron chi connectivity index (χ2n) is 6.56. The summed E-state index contributed by atoms with van der Waals surface area (Å²) in [6, 6.07) is 13.3. The Morgan fingerprint density at radius 1 is 1.11 bits per heavy atom. The fraction of sp³-hybridized carbons (Fsp3) is 0.381. The zero-order valence-corrected chi connectivity index (χ0v) is 17.0. The number of hydrogen-bond donors (Lipinski definition) is 1. The third kappa shape index (κ3) is 5.09. The molecule has 1 N–H and O–H groups in total. The van der Waals surface area contributed by atoms with E-state index in [9.17, 15) is 4.79 Å². The van der Waals surface area contributed by atoms with E-state index in [2.05, 4.69) is 21.2 Å². The average Bonchev–Trinajstić information content (AvgIpc) is 2.69. The first-order chi connectivity index (χ1) is 13.6. The van der Waals surface area contributed by atoms with Gasteiger partial charge in [-0.05, 0) is 37.3 Å². The summed E-state index contributed by atoms with van der Waals surface area (Å²) in [6.45, 7) is 6.33. The van der Waals surface area contributed by atoms with Crippen molar-refractivity contribution in [1.29, 1.82) is 0 Å². The predicted molar refractivity (Wildman–Crippen MR) is 113 cm³/mol. The Kier molecular flexibility index (Phi) is 7.01. The maximum atomic E-state index is 12.4. The van der Waals surface area contributed by atoms with E-state index in [1.54, 1.807) is 25.3 Å². The number of nitrogens with one attached hydrogen (secondary N) is 1. The molecule has 0 unspecified atom stereocenters. The van der Waals surface area contributed by atoms with Crippen LogP contribution in [-0.2, 0) is 4.79 Å². The smallest absolute Gasteiger partial charge is 0.238 e. The van der Waals surface area contributed by atoms with Gasteiger partial charge in [-0.15, -0.1) is 0 Å². The van der Waals surface area contributed by atoms with Crippen LogP contribution in [0.3, 0.4) is 0 Å². The van der Waals surface area contributed by atoms with E-state index < -0.39 is 0 Å². The molecule has 0 aliphatic carbocycles. The van der Waals surface area contributed by atoms with Crippen molar-refractivity contribution in [2.75, 3.05) is 56.7 Å². The first kappa shape index (κ1) is 20.3. The molecular formula is C21H26ClN3O3. The molecule has 1 saturated heterocycles. The van der Waals surface area contributed by atoms with Gasteiger partial charge in [0.15, 0.2) is 0 Å². The minimum Gasteiger partial charge on any atom is -0.495 e. The molecule has 150 valence electrons. The van der Waals surface area contributed by atoms with Gasteiger partial charge in [0.2, 0.25) is 5.91 Å². The zero-order chi connectivity index (χ0) is 19.9. The average molecular weight is 404 g/mol. The van der Waals surface area contributed by atoms with Crippen molar-refractivity contribution in [3.05, 3.63) is 47.5 Å². The van der Waals surface area contributed by atoms with Crippen molar-refractivity contribution in [2.24, 2.45) is 0 Å². The molecule has 2 aromatic carbocycles. The van der Waals surface area contributed by atoms with Crippen LogP contribution in [0.1, 0.15) is 6.92 Å². The molecule has 1 fully saturated rings. The van der Waals surface area contributed by atoms with Gasteiger partial charge in [0.25, 0.3) is 0 Å². The summed E-state index contributed by atoms with van der Waals surface area (Å²) < 4.78 is 10.9. The molecule has 0 saturated carbocycles. The lowest BCUT2D eigenvalue weighted by Gasteiger charge is -2.36. The number of methoxy groups -OCH3 is 1. The molecule has 0 radical (unpaired) electrons. The number of anilines is 2. The minimum atomic E-state index is -0.0515. The first-order valence-electron chi connectivity index (χ1n) is 9.43. The summed E-state index contributed by atoms with van der Waals surface area (Å²) >= 11 is 6.11. The molecule has 1 aliphatic rings. The number of ether oxygens (including phenoxy) is 2. The van der Waals surface area contributed by atoms with Gasteiger partial charge < -0.3 is 19.7 Å². The van der Waals surface area contributed by atoms with Crippen molar-refractivity contribution < 1.29 is 14.3 Å². The van der Waals surface area contributed by atoms with Gasteiger partial charge in [0.05, 0.1) is 31.0 Å². The largest absolute Gasteiger partial charge is 0.495 e. The van der Waals surface area contributed by atoms with E-state index >= 15 is 0 Å². The minimum absolute atomic E-state index is 0.0515. The van der Waals surface area contributed by atoms with Crippen LogP contribution in [0, 0.1) is 0 Å². The van der Waals surface area contributed by atoms with Gasteiger partial charge >= 0.3 is 0 Å². The third-order valence-electron chi connectivity index (χ3n) is 4.68. The van der Waals surface area contributed by atoms with Gasteiger partial charge in [0.1, 0.15) is 11.5 Å². The Morgan fingerprint density at radius 2 is 1.86 bits per heavy atom. The van der Waals surface area contributed by atoms with Crippen molar-refractivity contribution in [3.8, 4) is 11.5 Å². The van der Waals surface area contributed by atoms with Crippen LogP contribution < -0.4 is 19.7 Å². The van der Waals surface area contributed by atoms with Gasteiger partial charge in [-0.2, -0.15) is 0 Å². The quantitative estimate of drug-likeness (QED) is 0.766. The molecule has 0 aromatic heterocycles. The SMILES string of the molecule is CCOc1ccccc1N1CCN(CC(=O)Nc2ccc(OC)c(Cl)c2)CC1. The highest BCUT2D eigenvalue weighted by Crippen LogP contribution is 2.29. The number of piperazine rings is 1. The Hall–Kier alpha value is -2.44. The number of halogens is 1. The lowest BCUT2D eigenvalue weighted by atomic mass is 10.2. The number of benzene rings is 2. The number of nitrogens with zero attached hydrogens (tertiary/aromatic N) is 2. The van der Waals surface area contributed by atoms with Gasteiger partial charge in [-0.25, -0.2) is 0 Å². The second kappa shape index (κ2) is 9.66. The molecule has 0 atom stereocenters. The highest BCUT2D eigenvalue weighted by atomic mass is 35.5. The third-order valence-corrected chi connectivity index (χ3v) is 4.98. The Morgan fingerprint density at radius 3 is 2.54 bits per heavy atom. The molecule has 7 heteroatoms. The molecule has 1 aliphatic heterocycles. The first-order valence-corrected chi connectivity index (χ1v) is 9.81. The van der Waals surface area contributed by atoms with Crippen LogP contribution in [0.4, 0.5) is 11.4 Å². The highest BCUT2D eigenvalue weighted by Gasteiger charge is 2.21. The summed E-state index contributed by atoms with van der Waals surface area (Å²) in [4.78, 5) is 16.8. The lowest BCUT2D eigenvalue weighted by Crippen LogP contribution is -2.48. The van der Waals surface area contributed by atoms with Crippen LogP contribution >= 0.6 is 11.6 Å². The Balaban J connectivity index is 1.51. The van der Waals surface area contributed by atoms with Crippen LogP contribution in [0.2, 0.25) is 5.02 Å². The maximum absolute atomic E-state index is 12.4. The van der Waals surface area contributed by atoms with Gasteiger partial charge in [-0.3, -0.25) is 9.69 Å². The summed E-state index contributed by atoms with van der Waals surface area (Å²) in [5, 5.41) is 3.37. The number of para-hydroxylation sites is 2. The Bertz CT molecular complexity index is 807. The standard InChI is InChI=1S/C21H26ClN3O3/c1-3-28-20-7-5-4-6-18(20)25-12-10-24(11-13-25)15-21(26)23-16-8-9-19(27-2)17(22)14-16/h4-9,14H,3,10-13,15H2,1-2H3,(H,23,26). The van der Waals surface area contributed by atoms with Crippen LogP contribution in [0.5, 0.6) is 11.5 Å². The van der Waals surface area contributed by atoms with Crippen molar-refractivity contribution in [3.63, 3.8) is 0 Å². The fourth-order valence-electron chi connectivity index (χ4n) is 3.29. The maximum Gasteiger partial charge on any atom is 0.238 e. The van der Waals surface area contributed by atoms with Gasteiger partial charge in [0, 0.05) is 31.9 Å². The van der Waals surface area contributed by atoms with E-state index in [0.717, 1.165) is 37.6 Å². The molecule has 0 bridgehead atoms. The molecule has 28 heavy (non-hydrogen) atoms. The summed E-state index contributed by atoms with van der Waals surface area (Å²) in [7, 11) is 1.56. The lowest BCUT2D eigenvalue weighted by molar-refractivity contribution is -0.117. The highest BCUT2D eigenvalue weighted by molar-refractivity contribution is 6.32. The summed E-state index contributed by atoms with van der Waals surface area (Å²) in [5.74, 6) is 1.44. The normalized spacial score (nSPS) is 14.6. The number of hydrogen-bond acceptors (Lipinski definition) is 5. The van der Waals surface area contributed by atoms with Crippen LogP contribution in [-0.4, -0.2) is 57.2 Å². The van der Waals surface area contributed by atoms with E-state index in [0.29, 0.717) is 29.6 Å². The van der Waals surface area contributed by atoms with Crippen molar-refractivity contribution in [2.45, 2.75) is 6.92 Å².